The topological polar surface area (TPSA) is 4.93 Å². The summed E-state index contributed by atoms with van der Waals surface area (Å²) in [6, 6.07) is 8.70. The van der Waals surface area contributed by atoms with Crippen LogP contribution in [0.25, 0.3) is 22.2 Å². The highest BCUT2D eigenvalue weighted by Crippen LogP contribution is 2.37. The molecule has 1 aliphatic rings. The molecule has 0 bridgehead atoms. The van der Waals surface area contributed by atoms with E-state index in [4.69, 9.17) is 0 Å². The fourth-order valence-electron chi connectivity index (χ4n) is 3.27. The van der Waals surface area contributed by atoms with Gasteiger partial charge in [0, 0.05) is 11.1 Å². The van der Waals surface area contributed by atoms with Crippen LogP contribution >= 0.6 is 0 Å². The molecule has 0 unspecified atom stereocenters. The predicted octanol–water partition coefficient (Wildman–Crippen LogP) is 6.62. The van der Waals surface area contributed by atoms with Gasteiger partial charge in [0.1, 0.15) is 0 Å². The molecule has 3 rings (SSSR count). The minimum atomic E-state index is 1.12. The average Bonchev–Trinajstić information content (AvgIpc) is 2.93. The van der Waals surface area contributed by atoms with Crippen LogP contribution in [-0.4, -0.2) is 4.57 Å². The van der Waals surface area contributed by atoms with E-state index in [2.05, 4.69) is 73.6 Å². The number of fused-ring (bicyclic) bond motifs is 3. The van der Waals surface area contributed by atoms with Gasteiger partial charge in [0.05, 0.1) is 11.2 Å². The van der Waals surface area contributed by atoms with Gasteiger partial charge in [-0.2, -0.15) is 0 Å². The summed E-state index contributed by atoms with van der Waals surface area (Å²) in [7, 11) is 0. The lowest BCUT2D eigenvalue weighted by atomic mass is 9.96. The molecule has 1 heteroatoms. The Balaban J connectivity index is 0.000000924. The maximum absolute atomic E-state index is 3.87. The molecule has 1 aromatic carbocycles. The van der Waals surface area contributed by atoms with Crippen molar-refractivity contribution < 1.29 is 0 Å². The minimum Gasteiger partial charge on any atom is -0.309 e. The maximum atomic E-state index is 3.87. The highest BCUT2D eigenvalue weighted by Gasteiger charge is 2.21. The molecule has 0 fully saturated rings. The molecule has 0 atom stereocenters. The van der Waals surface area contributed by atoms with Crippen LogP contribution < -0.4 is 0 Å². The van der Waals surface area contributed by atoms with Gasteiger partial charge in [-0.25, -0.2) is 0 Å². The van der Waals surface area contributed by atoms with Crippen LogP contribution in [0.5, 0.6) is 0 Å². The number of rotatable bonds is 3. The van der Waals surface area contributed by atoms with Gasteiger partial charge in [0.25, 0.3) is 0 Å². The highest BCUT2D eigenvalue weighted by molar-refractivity contribution is 5.94. The number of aromatic nitrogens is 1. The van der Waals surface area contributed by atoms with Crippen molar-refractivity contribution in [3.8, 4) is 0 Å². The molecule has 2 aromatic rings. The Morgan fingerprint density at radius 2 is 1.96 bits per heavy atom. The molecule has 0 saturated heterocycles. The zero-order valence-electron chi connectivity index (χ0n) is 14.8. The average molecular weight is 305 g/mol. The molecule has 0 radical (unpaired) electrons. The van der Waals surface area contributed by atoms with Crippen molar-refractivity contribution in [2.75, 3.05) is 0 Å². The summed E-state index contributed by atoms with van der Waals surface area (Å²) in [5.41, 5.74) is 6.65. The lowest BCUT2D eigenvalue weighted by Crippen LogP contribution is -2.04. The summed E-state index contributed by atoms with van der Waals surface area (Å²) in [5.74, 6) is 0. The van der Waals surface area contributed by atoms with E-state index in [-0.39, 0.29) is 0 Å². The van der Waals surface area contributed by atoms with Crippen molar-refractivity contribution in [2.45, 2.75) is 40.5 Å². The first kappa shape index (κ1) is 17.1. The standard InChI is InChI=1S/C20H21N.C2H6/c1-4-9-16(10-5-2)21-19-14-7-6-12-17(19)18-13-8-11-15(3)20(18)21;1-2/h4-7,9-12,14H,1,8,13H2,2-3H3;1-2H3/b10-5-,16-9+;. The van der Waals surface area contributed by atoms with E-state index in [0.717, 1.165) is 12.8 Å². The van der Waals surface area contributed by atoms with E-state index in [1.165, 1.54) is 33.4 Å². The Morgan fingerprint density at radius 3 is 2.65 bits per heavy atom. The Labute approximate surface area is 140 Å². The van der Waals surface area contributed by atoms with Gasteiger partial charge in [0.15, 0.2) is 0 Å². The van der Waals surface area contributed by atoms with Gasteiger partial charge in [-0.1, -0.05) is 56.9 Å². The van der Waals surface area contributed by atoms with Crippen molar-refractivity contribution in [3.05, 3.63) is 72.5 Å². The molecule has 0 aliphatic heterocycles. The van der Waals surface area contributed by atoms with Crippen molar-refractivity contribution in [2.24, 2.45) is 0 Å². The normalized spacial score (nSPS) is 14.3. The molecule has 1 nitrogen and oxygen atoms in total. The fourth-order valence-corrected chi connectivity index (χ4v) is 3.27. The van der Waals surface area contributed by atoms with Gasteiger partial charge in [-0.15, -0.1) is 0 Å². The number of nitrogens with zero attached hydrogens (tertiary/aromatic N) is 1. The van der Waals surface area contributed by atoms with Crippen molar-refractivity contribution in [1.29, 1.82) is 0 Å². The van der Waals surface area contributed by atoms with Crippen molar-refractivity contribution in [3.63, 3.8) is 0 Å². The summed E-state index contributed by atoms with van der Waals surface area (Å²) in [6.07, 6.45) is 12.8. The van der Waals surface area contributed by atoms with E-state index in [1.807, 2.05) is 19.9 Å². The molecular formula is C22H27N. The largest absolute Gasteiger partial charge is 0.309 e. The molecule has 1 aliphatic carbocycles. The summed E-state index contributed by atoms with van der Waals surface area (Å²) >= 11 is 0. The molecular weight excluding hydrogens is 278 g/mol. The zero-order chi connectivity index (χ0) is 16.8. The number of para-hydroxylation sites is 1. The van der Waals surface area contributed by atoms with E-state index >= 15 is 0 Å². The summed E-state index contributed by atoms with van der Waals surface area (Å²) in [4.78, 5) is 0. The van der Waals surface area contributed by atoms with Crippen LogP contribution in [0.4, 0.5) is 0 Å². The zero-order valence-corrected chi connectivity index (χ0v) is 14.8. The molecule has 0 N–H and O–H groups in total. The lowest BCUT2D eigenvalue weighted by Gasteiger charge is -2.16. The SMILES string of the molecule is C=C/C=C(\C=C/C)n1c2c(c3ccccc31)CCC=C2C.CC. The second-order valence-electron chi connectivity index (χ2n) is 5.43. The fraction of sp³-hybridized carbons (Fsp3) is 0.273. The molecule has 23 heavy (non-hydrogen) atoms. The molecule has 0 amide bonds. The third kappa shape index (κ3) is 3.10. The summed E-state index contributed by atoms with van der Waals surface area (Å²) in [5, 5.41) is 1.37. The second kappa shape index (κ2) is 7.82. The number of aryl methyl sites for hydroxylation is 1. The van der Waals surface area contributed by atoms with Crippen molar-refractivity contribution >= 4 is 22.2 Å². The van der Waals surface area contributed by atoms with Gasteiger partial charge in [0.2, 0.25) is 0 Å². The maximum Gasteiger partial charge on any atom is 0.0537 e. The van der Waals surface area contributed by atoms with E-state index in [1.54, 1.807) is 0 Å². The third-order valence-corrected chi connectivity index (χ3v) is 4.08. The van der Waals surface area contributed by atoms with Gasteiger partial charge in [-0.3, -0.25) is 0 Å². The van der Waals surface area contributed by atoms with Gasteiger partial charge < -0.3 is 4.57 Å². The minimum absolute atomic E-state index is 1.12. The monoisotopic (exact) mass is 305 g/mol. The molecule has 1 heterocycles. The first-order valence-electron chi connectivity index (χ1n) is 8.53. The number of allylic oxidation sites excluding steroid dienone is 7. The van der Waals surface area contributed by atoms with Gasteiger partial charge >= 0.3 is 0 Å². The Morgan fingerprint density at radius 1 is 1.22 bits per heavy atom. The number of benzene rings is 1. The smallest absolute Gasteiger partial charge is 0.0537 e. The van der Waals surface area contributed by atoms with E-state index in [0.29, 0.717) is 0 Å². The van der Waals surface area contributed by atoms with Gasteiger partial charge in [-0.05, 0) is 56.0 Å². The quantitative estimate of drug-likeness (QED) is 0.561. The second-order valence-corrected chi connectivity index (χ2v) is 5.43. The predicted molar refractivity (Wildman–Crippen MR) is 105 cm³/mol. The van der Waals surface area contributed by atoms with Crippen LogP contribution in [0.3, 0.4) is 0 Å². The molecule has 0 spiro atoms. The lowest BCUT2D eigenvalue weighted by molar-refractivity contribution is 0.960. The van der Waals surface area contributed by atoms with Crippen LogP contribution in [0.2, 0.25) is 0 Å². The van der Waals surface area contributed by atoms with Crippen molar-refractivity contribution in [1.82, 2.24) is 4.57 Å². The number of hydrogen-bond acceptors (Lipinski definition) is 0. The van der Waals surface area contributed by atoms with Crippen LogP contribution in [-0.2, 0) is 6.42 Å². The summed E-state index contributed by atoms with van der Waals surface area (Å²) in [6.45, 7) is 12.1. The molecule has 1 aromatic heterocycles. The summed E-state index contributed by atoms with van der Waals surface area (Å²) < 4.78 is 2.37. The van der Waals surface area contributed by atoms with Crippen LogP contribution in [0, 0.1) is 0 Å². The van der Waals surface area contributed by atoms with Crippen LogP contribution in [0.15, 0.2) is 61.2 Å². The first-order valence-corrected chi connectivity index (χ1v) is 8.53. The Hall–Kier alpha value is -2.28. The van der Waals surface area contributed by atoms with E-state index in [9.17, 15) is 0 Å². The first-order chi connectivity index (χ1) is 11.3. The number of hydrogen-bond donors (Lipinski definition) is 0. The third-order valence-electron chi connectivity index (χ3n) is 4.08. The van der Waals surface area contributed by atoms with Crippen LogP contribution in [0.1, 0.15) is 45.4 Å². The highest BCUT2D eigenvalue weighted by atomic mass is 15.0. The molecule has 120 valence electrons. The Kier molecular flexibility index (Phi) is 5.81. The Bertz CT molecular complexity index is 782. The molecule has 0 saturated carbocycles. The van der Waals surface area contributed by atoms with E-state index < -0.39 is 0 Å².